The highest BCUT2D eigenvalue weighted by atomic mass is 32.2. The molecule has 2 heterocycles. The quantitative estimate of drug-likeness (QED) is 0.362. The van der Waals surface area contributed by atoms with Crippen LogP contribution in [-0.2, 0) is 14.8 Å². The minimum absolute atomic E-state index is 0.0798. The number of sulfonamides is 1. The number of fused-ring (bicyclic) bond motifs is 1. The van der Waals surface area contributed by atoms with Gasteiger partial charge >= 0.3 is 0 Å². The number of anilines is 1. The summed E-state index contributed by atoms with van der Waals surface area (Å²) in [4.78, 5) is 22.3. The molecule has 3 aromatic rings. The molecule has 1 aromatic heterocycles. The van der Waals surface area contributed by atoms with Gasteiger partial charge in [0.25, 0.3) is 5.91 Å². The number of aromatic nitrogens is 1. The lowest BCUT2D eigenvalue weighted by Gasteiger charge is -2.22. The highest BCUT2D eigenvalue weighted by Crippen LogP contribution is 2.34. The third-order valence-electron chi connectivity index (χ3n) is 6.35. The van der Waals surface area contributed by atoms with Gasteiger partial charge in [-0.05, 0) is 76.3 Å². The molecular formula is C26H34N4O5S2. The summed E-state index contributed by atoms with van der Waals surface area (Å²) in [7, 11) is 3.45. The number of carbonyl (C=O) groups excluding carboxylic acids is 1. The lowest BCUT2D eigenvalue weighted by atomic mass is 10.2. The fraction of sp³-hybridized carbons (Fsp3) is 0.462. The number of carbonyl (C=O) groups is 1. The van der Waals surface area contributed by atoms with Crippen LogP contribution in [0.3, 0.4) is 0 Å². The molecular weight excluding hydrogens is 512 g/mol. The monoisotopic (exact) mass is 546 g/mol. The van der Waals surface area contributed by atoms with Gasteiger partial charge in [0.15, 0.2) is 5.13 Å². The fourth-order valence-electron chi connectivity index (χ4n) is 4.30. The van der Waals surface area contributed by atoms with Gasteiger partial charge in [0.2, 0.25) is 10.0 Å². The Balaban J connectivity index is 1.57. The van der Waals surface area contributed by atoms with E-state index in [4.69, 9.17) is 14.5 Å². The van der Waals surface area contributed by atoms with Gasteiger partial charge < -0.3 is 14.4 Å². The van der Waals surface area contributed by atoms with E-state index >= 15 is 0 Å². The number of methoxy groups -OCH3 is 1. The van der Waals surface area contributed by atoms with Crippen molar-refractivity contribution in [2.75, 3.05) is 59.4 Å². The minimum Gasteiger partial charge on any atom is -0.494 e. The maximum atomic E-state index is 13.6. The number of hydrogen-bond acceptors (Lipinski definition) is 8. The second-order valence-electron chi connectivity index (χ2n) is 9.36. The molecule has 1 unspecified atom stereocenters. The summed E-state index contributed by atoms with van der Waals surface area (Å²) in [5, 5.41) is 0.580. The molecule has 0 bridgehead atoms. The summed E-state index contributed by atoms with van der Waals surface area (Å²) >= 11 is 1.43. The molecule has 1 amide bonds. The standard InChI is InChI=1S/C26H34N4O5S2/c1-28(2)15-7-16-30(26-27-24-22(34-4)9-5-10-23(24)36-26)25(31)19-11-13-21(14-12-19)37(32,33)29(3)18-20-8-6-17-35-20/h5,9-14,20H,6-8,15-18H2,1-4H3. The van der Waals surface area contributed by atoms with Gasteiger partial charge in [-0.1, -0.05) is 17.4 Å². The number of hydrogen-bond donors (Lipinski definition) is 0. The molecule has 37 heavy (non-hydrogen) atoms. The van der Waals surface area contributed by atoms with Gasteiger partial charge in [0, 0.05) is 32.3 Å². The van der Waals surface area contributed by atoms with Gasteiger partial charge in [-0.15, -0.1) is 0 Å². The van der Waals surface area contributed by atoms with Crippen molar-refractivity contribution in [1.29, 1.82) is 0 Å². The van der Waals surface area contributed by atoms with E-state index in [9.17, 15) is 13.2 Å². The number of likely N-dealkylation sites (N-methyl/N-ethyl adjacent to an activating group) is 1. The van der Waals surface area contributed by atoms with E-state index < -0.39 is 10.0 Å². The number of ether oxygens (including phenoxy) is 2. The van der Waals surface area contributed by atoms with Crippen LogP contribution in [0.1, 0.15) is 29.6 Å². The molecule has 1 saturated heterocycles. The summed E-state index contributed by atoms with van der Waals surface area (Å²) in [6.45, 7) is 2.27. The molecule has 0 N–H and O–H groups in total. The summed E-state index contributed by atoms with van der Waals surface area (Å²) in [5.74, 6) is 0.427. The van der Waals surface area contributed by atoms with Crippen LogP contribution in [0.2, 0.25) is 0 Å². The predicted molar refractivity (Wildman–Crippen MR) is 146 cm³/mol. The largest absolute Gasteiger partial charge is 0.494 e. The SMILES string of the molecule is COc1cccc2sc(N(CCCN(C)C)C(=O)c3ccc(S(=O)(=O)N(C)CC4CCCO4)cc3)nc12. The maximum Gasteiger partial charge on any atom is 0.260 e. The molecule has 0 spiro atoms. The third kappa shape index (κ3) is 6.29. The Labute approximate surface area is 222 Å². The Morgan fingerprint density at radius 1 is 1.14 bits per heavy atom. The molecule has 4 rings (SSSR count). The second kappa shape index (κ2) is 11.9. The van der Waals surface area contributed by atoms with Crippen LogP contribution < -0.4 is 9.64 Å². The first-order valence-electron chi connectivity index (χ1n) is 12.3. The minimum atomic E-state index is -3.69. The number of rotatable bonds is 11. The summed E-state index contributed by atoms with van der Waals surface area (Å²) in [6, 6.07) is 11.8. The molecule has 1 aliphatic heterocycles. The third-order valence-corrected chi connectivity index (χ3v) is 9.23. The Morgan fingerprint density at radius 3 is 2.54 bits per heavy atom. The normalized spacial score (nSPS) is 16.1. The lowest BCUT2D eigenvalue weighted by Crippen LogP contribution is -2.34. The first kappa shape index (κ1) is 27.5. The molecule has 2 aromatic carbocycles. The number of amides is 1. The smallest absolute Gasteiger partial charge is 0.260 e. The fourth-order valence-corrected chi connectivity index (χ4v) is 6.51. The van der Waals surface area contributed by atoms with E-state index in [0.717, 1.165) is 30.5 Å². The van der Waals surface area contributed by atoms with Crippen LogP contribution in [-0.4, -0.2) is 89.1 Å². The average molecular weight is 547 g/mol. The lowest BCUT2D eigenvalue weighted by molar-refractivity contribution is 0.0978. The van der Waals surface area contributed by atoms with Gasteiger partial charge in [-0.25, -0.2) is 13.4 Å². The zero-order chi connectivity index (χ0) is 26.6. The Hall–Kier alpha value is -2.57. The van der Waals surface area contributed by atoms with Crippen LogP contribution in [0.15, 0.2) is 47.4 Å². The molecule has 0 radical (unpaired) electrons. The van der Waals surface area contributed by atoms with Gasteiger partial charge in [0.1, 0.15) is 11.3 Å². The van der Waals surface area contributed by atoms with Crippen molar-refractivity contribution in [1.82, 2.24) is 14.2 Å². The number of benzene rings is 2. The molecule has 1 atom stereocenters. The van der Waals surface area contributed by atoms with Crippen molar-refractivity contribution in [3.8, 4) is 5.75 Å². The molecule has 1 aliphatic rings. The highest BCUT2D eigenvalue weighted by molar-refractivity contribution is 7.89. The molecule has 200 valence electrons. The number of nitrogens with zero attached hydrogens (tertiary/aromatic N) is 4. The van der Waals surface area contributed by atoms with E-state index in [1.807, 2.05) is 32.3 Å². The molecule has 0 saturated carbocycles. The molecule has 11 heteroatoms. The second-order valence-corrected chi connectivity index (χ2v) is 12.4. The van der Waals surface area contributed by atoms with E-state index in [1.54, 1.807) is 31.2 Å². The van der Waals surface area contributed by atoms with Crippen LogP contribution in [0, 0.1) is 0 Å². The van der Waals surface area contributed by atoms with E-state index in [2.05, 4.69) is 4.90 Å². The predicted octanol–water partition coefficient (Wildman–Crippen LogP) is 3.70. The van der Waals surface area contributed by atoms with Crippen molar-refractivity contribution < 1.29 is 22.7 Å². The number of thiazole rings is 1. The van der Waals surface area contributed by atoms with Gasteiger partial charge in [0.05, 0.1) is 22.8 Å². The first-order chi connectivity index (χ1) is 17.7. The van der Waals surface area contributed by atoms with E-state index in [0.29, 0.717) is 41.7 Å². The molecule has 1 fully saturated rings. The van der Waals surface area contributed by atoms with Crippen molar-refractivity contribution in [3.63, 3.8) is 0 Å². The van der Waals surface area contributed by atoms with Gasteiger partial charge in [-0.3, -0.25) is 9.69 Å². The highest BCUT2D eigenvalue weighted by Gasteiger charge is 2.27. The van der Waals surface area contributed by atoms with Gasteiger partial charge in [-0.2, -0.15) is 4.31 Å². The topological polar surface area (TPSA) is 92.3 Å². The van der Waals surface area contributed by atoms with Crippen molar-refractivity contribution in [2.24, 2.45) is 0 Å². The van der Waals surface area contributed by atoms with Crippen molar-refractivity contribution >= 4 is 42.6 Å². The average Bonchev–Trinajstić information content (AvgIpc) is 3.55. The number of para-hydroxylation sites is 1. The van der Waals surface area contributed by atoms with Crippen LogP contribution in [0.25, 0.3) is 10.2 Å². The van der Waals surface area contributed by atoms with E-state index in [-0.39, 0.29) is 16.9 Å². The maximum absolute atomic E-state index is 13.6. The summed E-state index contributed by atoms with van der Waals surface area (Å²) < 4.78 is 39.4. The Kier molecular flexibility index (Phi) is 8.81. The van der Waals surface area contributed by atoms with Crippen molar-refractivity contribution in [2.45, 2.75) is 30.3 Å². The molecule has 9 nitrogen and oxygen atoms in total. The van der Waals surface area contributed by atoms with Crippen LogP contribution >= 0.6 is 11.3 Å². The zero-order valence-corrected chi connectivity index (χ0v) is 23.3. The Morgan fingerprint density at radius 2 is 1.89 bits per heavy atom. The zero-order valence-electron chi connectivity index (χ0n) is 21.7. The van der Waals surface area contributed by atoms with Crippen molar-refractivity contribution in [3.05, 3.63) is 48.0 Å². The summed E-state index contributed by atoms with van der Waals surface area (Å²) in [5.41, 5.74) is 1.11. The van der Waals surface area contributed by atoms with Crippen LogP contribution in [0.4, 0.5) is 5.13 Å². The summed E-state index contributed by atoms with van der Waals surface area (Å²) in [6.07, 6.45) is 2.48. The molecule has 0 aliphatic carbocycles. The Bertz CT molecular complexity index is 1320. The first-order valence-corrected chi connectivity index (χ1v) is 14.5. The van der Waals surface area contributed by atoms with Crippen LogP contribution in [0.5, 0.6) is 5.75 Å². The van der Waals surface area contributed by atoms with E-state index in [1.165, 1.54) is 27.8 Å².